The van der Waals surface area contributed by atoms with Crippen LogP contribution in [0.15, 0.2) is 79.4 Å². The SMILES string of the molecule is Cc1ccc(-c2ccc3nccnc3c2)cc1-c1nc2n(c1-c1ccc3nccnc3c1)CCC2. The third-order valence-corrected chi connectivity index (χ3v) is 6.87. The lowest BCUT2D eigenvalue weighted by Crippen LogP contribution is -1.97. The molecule has 0 bridgehead atoms. The number of hydrogen-bond donors (Lipinski definition) is 0. The number of rotatable bonds is 3. The van der Waals surface area contributed by atoms with Crippen molar-refractivity contribution in [3.63, 3.8) is 0 Å². The van der Waals surface area contributed by atoms with Crippen LogP contribution in [0.1, 0.15) is 17.8 Å². The molecule has 0 unspecified atom stereocenters. The first kappa shape index (κ1) is 20.0. The molecule has 0 atom stereocenters. The zero-order valence-corrected chi connectivity index (χ0v) is 19.3. The Morgan fingerprint density at radius 2 is 1.26 bits per heavy atom. The maximum atomic E-state index is 5.17. The predicted molar refractivity (Wildman–Crippen MR) is 138 cm³/mol. The number of aryl methyl sites for hydroxylation is 2. The van der Waals surface area contributed by atoms with Crippen LogP contribution in [0.4, 0.5) is 0 Å². The fraction of sp³-hybridized carbons (Fsp3) is 0.138. The van der Waals surface area contributed by atoms with E-state index in [2.05, 4.69) is 80.0 Å². The topological polar surface area (TPSA) is 69.4 Å². The zero-order valence-electron chi connectivity index (χ0n) is 19.3. The molecule has 168 valence electrons. The van der Waals surface area contributed by atoms with Gasteiger partial charge in [-0.05, 0) is 60.4 Å². The van der Waals surface area contributed by atoms with Gasteiger partial charge < -0.3 is 4.57 Å². The van der Waals surface area contributed by atoms with Crippen molar-refractivity contribution >= 4 is 22.1 Å². The van der Waals surface area contributed by atoms with E-state index in [0.717, 1.165) is 80.9 Å². The molecule has 0 N–H and O–H groups in total. The van der Waals surface area contributed by atoms with Gasteiger partial charge in [-0.1, -0.05) is 24.3 Å². The van der Waals surface area contributed by atoms with E-state index in [0.29, 0.717) is 0 Å². The smallest absolute Gasteiger partial charge is 0.109 e. The highest BCUT2D eigenvalue weighted by Gasteiger charge is 2.24. The summed E-state index contributed by atoms with van der Waals surface area (Å²) in [6, 6.07) is 19.2. The molecule has 0 saturated heterocycles. The molecular formula is C29H22N6. The van der Waals surface area contributed by atoms with Crippen molar-refractivity contribution in [1.82, 2.24) is 29.5 Å². The summed E-state index contributed by atoms with van der Waals surface area (Å²) in [5, 5.41) is 0. The van der Waals surface area contributed by atoms with Crippen LogP contribution in [-0.4, -0.2) is 29.5 Å². The number of aromatic nitrogens is 6. The Morgan fingerprint density at radius 3 is 2.00 bits per heavy atom. The first-order valence-corrected chi connectivity index (χ1v) is 11.9. The van der Waals surface area contributed by atoms with Crippen molar-refractivity contribution in [2.24, 2.45) is 0 Å². The summed E-state index contributed by atoms with van der Waals surface area (Å²) >= 11 is 0. The van der Waals surface area contributed by atoms with Crippen molar-refractivity contribution in [3.8, 4) is 33.6 Å². The lowest BCUT2D eigenvalue weighted by molar-refractivity contribution is 0.756. The maximum Gasteiger partial charge on any atom is 0.109 e. The fourth-order valence-corrected chi connectivity index (χ4v) is 5.12. The van der Waals surface area contributed by atoms with Crippen LogP contribution in [0, 0.1) is 6.92 Å². The molecule has 3 aromatic heterocycles. The molecule has 0 fully saturated rings. The summed E-state index contributed by atoms with van der Waals surface area (Å²) in [5.41, 5.74) is 11.5. The molecule has 0 amide bonds. The Labute approximate surface area is 202 Å². The first-order chi connectivity index (χ1) is 17.2. The summed E-state index contributed by atoms with van der Waals surface area (Å²) < 4.78 is 2.38. The molecule has 0 saturated carbocycles. The molecule has 1 aliphatic heterocycles. The van der Waals surface area contributed by atoms with E-state index in [4.69, 9.17) is 4.98 Å². The van der Waals surface area contributed by atoms with Crippen LogP contribution in [0.5, 0.6) is 0 Å². The van der Waals surface area contributed by atoms with Gasteiger partial charge in [-0.3, -0.25) is 19.9 Å². The third kappa shape index (κ3) is 3.29. The zero-order chi connectivity index (χ0) is 23.4. The second-order valence-corrected chi connectivity index (χ2v) is 9.03. The van der Waals surface area contributed by atoms with Crippen LogP contribution in [0.2, 0.25) is 0 Å². The first-order valence-electron chi connectivity index (χ1n) is 11.9. The lowest BCUT2D eigenvalue weighted by Gasteiger charge is -2.13. The number of hydrogen-bond acceptors (Lipinski definition) is 5. The van der Waals surface area contributed by atoms with E-state index in [1.165, 1.54) is 5.56 Å². The average Bonchev–Trinajstić information content (AvgIpc) is 3.50. The molecule has 6 nitrogen and oxygen atoms in total. The van der Waals surface area contributed by atoms with E-state index in [1.54, 1.807) is 24.8 Å². The normalized spacial score (nSPS) is 12.9. The lowest BCUT2D eigenvalue weighted by atomic mass is 9.95. The third-order valence-electron chi connectivity index (χ3n) is 6.87. The van der Waals surface area contributed by atoms with Gasteiger partial charge in [0.15, 0.2) is 0 Å². The van der Waals surface area contributed by atoms with Gasteiger partial charge in [-0.25, -0.2) is 4.98 Å². The highest BCUT2D eigenvalue weighted by atomic mass is 15.1. The van der Waals surface area contributed by atoms with E-state index in [-0.39, 0.29) is 0 Å². The Kier molecular flexibility index (Phi) is 4.45. The Bertz CT molecular complexity index is 1750. The molecule has 0 aliphatic carbocycles. The van der Waals surface area contributed by atoms with Gasteiger partial charge in [0, 0.05) is 48.9 Å². The molecule has 6 aromatic rings. The summed E-state index contributed by atoms with van der Waals surface area (Å²) in [4.78, 5) is 23.0. The Hall–Kier alpha value is -4.45. The second-order valence-electron chi connectivity index (χ2n) is 9.03. The number of fused-ring (bicyclic) bond motifs is 3. The van der Waals surface area contributed by atoms with Gasteiger partial charge in [0.2, 0.25) is 0 Å². The van der Waals surface area contributed by atoms with Crippen molar-refractivity contribution in [1.29, 1.82) is 0 Å². The van der Waals surface area contributed by atoms with Crippen LogP contribution < -0.4 is 0 Å². The minimum Gasteiger partial charge on any atom is -0.327 e. The minimum absolute atomic E-state index is 0.894. The predicted octanol–water partition coefficient (Wildman–Crippen LogP) is 6.03. The minimum atomic E-state index is 0.894. The van der Waals surface area contributed by atoms with E-state index >= 15 is 0 Å². The molecule has 35 heavy (non-hydrogen) atoms. The van der Waals surface area contributed by atoms with E-state index in [1.807, 2.05) is 6.07 Å². The summed E-state index contributed by atoms with van der Waals surface area (Å²) in [6.07, 6.45) is 9.07. The van der Waals surface area contributed by atoms with E-state index in [9.17, 15) is 0 Å². The molecule has 6 heteroatoms. The van der Waals surface area contributed by atoms with Crippen LogP contribution >= 0.6 is 0 Å². The molecule has 3 aromatic carbocycles. The molecule has 7 rings (SSSR count). The Balaban J connectivity index is 1.41. The number of imidazole rings is 1. The van der Waals surface area contributed by atoms with Gasteiger partial charge in [-0.2, -0.15) is 0 Å². The molecule has 0 spiro atoms. The monoisotopic (exact) mass is 454 g/mol. The maximum absolute atomic E-state index is 5.17. The van der Waals surface area contributed by atoms with Crippen LogP contribution in [0.3, 0.4) is 0 Å². The van der Waals surface area contributed by atoms with Gasteiger partial charge in [0.05, 0.1) is 33.5 Å². The summed E-state index contributed by atoms with van der Waals surface area (Å²) in [6.45, 7) is 3.14. The largest absolute Gasteiger partial charge is 0.327 e. The van der Waals surface area contributed by atoms with Crippen LogP contribution in [-0.2, 0) is 13.0 Å². The van der Waals surface area contributed by atoms with E-state index < -0.39 is 0 Å². The van der Waals surface area contributed by atoms with Gasteiger partial charge in [0.1, 0.15) is 5.82 Å². The van der Waals surface area contributed by atoms with Crippen LogP contribution in [0.25, 0.3) is 55.7 Å². The molecular weight excluding hydrogens is 432 g/mol. The molecule has 0 radical (unpaired) electrons. The summed E-state index contributed by atoms with van der Waals surface area (Å²) in [7, 11) is 0. The van der Waals surface area contributed by atoms with Crippen molar-refractivity contribution in [3.05, 3.63) is 90.8 Å². The quantitative estimate of drug-likeness (QED) is 0.327. The van der Waals surface area contributed by atoms with Crippen molar-refractivity contribution < 1.29 is 0 Å². The molecule has 1 aliphatic rings. The highest BCUT2D eigenvalue weighted by Crippen LogP contribution is 2.39. The number of nitrogens with zero attached hydrogens (tertiary/aromatic N) is 6. The second kappa shape index (κ2) is 7.81. The fourth-order valence-electron chi connectivity index (χ4n) is 5.12. The van der Waals surface area contributed by atoms with Gasteiger partial charge in [-0.15, -0.1) is 0 Å². The average molecular weight is 455 g/mol. The highest BCUT2D eigenvalue weighted by molar-refractivity contribution is 5.88. The molecule has 4 heterocycles. The van der Waals surface area contributed by atoms with Crippen molar-refractivity contribution in [2.75, 3.05) is 0 Å². The standard InChI is InChI=1S/C29H22N6/c1-18-4-5-19(20-6-8-23-25(16-20)32-12-10-30-23)15-22(18)28-29(35-14-2-3-27(35)34-28)21-7-9-24-26(17-21)33-13-11-31-24/h4-13,15-17H,2-3,14H2,1H3. The number of benzene rings is 3. The van der Waals surface area contributed by atoms with Gasteiger partial charge >= 0.3 is 0 Å². The Morgan fingerprint density at radius 1 is 0.657 bits per heavy atom. The van der Waals surface area contributed by atoms with Crippen molar-refractivity contribution in [2.45, 2.75) is 26.3 Å². The van der Waals surface area contributed by atoms with Gasteiger partial charge in [0.25, 0.3) is 0 Å². The summed E-state index contributed by atoms with van der Waals surface area (Å²) in [5.74, 6) is 1.15.